The van der Waals surface area contributed by atoms with E-state index < -0.39 is 0 Å². The summed E-state index contributed by atoms with van der Waals surface area (Å²) in [6.45, 7) is 21.8. The first-order valence-corrected chi connectivity index (χ1v) is 16.2. The maximum absolute atomic E-state index is 6.71. The van der Waals surface area contributed by atoms with Crippen LogP contribution in [0.2, 0.25) is 5.02 Å². The lowest BCUT2D eigenvalue weighted by Gasteiger charge is -2.46. The fraction of sp³-hybridized carbons (Fsp3) is 0.459. The van der Waals surface area contributed by atoms with E-state index in [2.05, 4.69) is 109 Å². The number of thiophene rings is 1. The third-order valence-corrected chi connectivity index (χ3v) is 11.8. The number of fused-ring (bicyclic) bond motifs is 5. The van der Waals surface area contributed by atoms with Crippen molar-refractivity contribution >= 4 is 50.1 Å². The van der Waals surface area contributed by atoms with Crippen molar-refractivity contribution in [3.05, 3.63) is 74.6 Å². The molecule has 0 bridgehead atoms. The number of hydrogen-bond donors (Lipinski definition) is 0. The quantitative estimate of drug-likeness (QED) is 0.195. The maximum Gasteiger partial charge on any atom is 0.0654 e. The Kier molecular flexibility index (Phi) is 5.43. The van der Waals surface area contributed by atoms with E-state index in [1.54, 1.807) is 11.1 Å². The molecule has 1 nitrogen and oxygen atoms in total. The molecule has 2 aliphatic carbocycles. The van der Waals surface area contributed by atoms with Gasteiger partial charge >= 0.3 is 0 Å². The molecule has 3 heteroatoms. The largest absolute Gasteiger partial charge is 0.308 e. The standard InChI is InChI=1S/C37H42ClNS/c1-21-14-22(38)16-23(15-21)39-28-18-26-25(34(2,3)10-11-35(26,4)5)17-24(28)31-32-29(39)20-40-30(32)19-27-33(31)37(8,9)13-12-36(27,6)7/h14-20H,10-13H2,1-9H3. The van der Waals surface area contributed by atoms with Gasteiger partial charge in [-0.15, -0.1) is 11.3 Å². The fourth-order valence-corrected chi connectivity index (χ4v) is 9.24. The zero-order valence-corrected chi connectivity index (χ0v) is 27.2. The Hall–Kier alpha value is -2.29. The minimum Gasteiger partial charge on any atom is -0.308 e. The van der Waals surface area contributed by atoms with Gasteiger partial charge in [0.2, 0.25) is 0 Å². The van der Waals surface area contributed by atoms with E-state index >= 15 is 0 Å². The van der Waals surface area contributed by atoms with Gasteiger partial charge in [0.1, 0.15) is 0 Å². The van der Waals surface area contributed by atoms with Crippen molar-refractivity contribution in [2.45, 2.75) is 110 Å². The van der Waals surface area contributed by atoms with Crippen molar-refractivity contribution in [1.29, 1.82) is 0 Å². The topological polar surface area (TPSA) is 3.24 Å². The molecule has 0 amide bonds. The normalized spacial score (nSPS) is 21.1. The second-order valence-electron chi connectivity index (χ2n) is 15.4. The average Bonchev–Trinajstić information content (AvgIpc) is 3.28. The number of aryl methyl sites for hydroxylation is 1. The molecule has 4 aromatic rings. The van der Waals surface area contributed by atoms with E-state index in [4.69, 9.17) is 11.6 Å². The number of benzene rings is 3. The van der Waals surface area contributed by atoms with Gasteiger partial charge in [-0.1, -0.05) is 67.0 Å². The molecule has 40 heavy (non-hydrogen) atoms. The molecule has 0 N–H and O–H groups in total. The Labute approximate surface area is 249 Å². The van der Waals surface area contributed by atoms with Gasteiger partial charge in [0.05, 0.1) is 11.4 Å². The van der Waals surface area contributed by atoms with Crippen LogP contribution in [-0.2, 0) is 21.7 Å². The van der Waals surface area contributed by atoms with E-state index in [1.165, 1.54) is 75.0 Å². The molecule has 0 atom stereocenters. The second-order valence-corrected chi connectivity index (χ2v) is 16.8. The SMILES string of the molecule is Cc1cc(Cl)cc(N2c3cc4c(cc3-c3c5c(cc6scc2c36)C(C)(C)CCC5(C)C)C(C)(C)CCC4(C)C)c1. The zero-order valence-electron chi connectivity index (χ0n) is 25.6. The minimum absolute atomic E-state index is 0.115. The summed E-state index contributed by atoms with van der Waals surface area (Å²) in [5.41, 5.74) is 14.6. The molecule has 1 aliphatic heterocycles. The molecule has 0 unspecified atom stereocenters. The summed E-state index contributed by atoms with van der Waals surface area (Å²) in [7, 11) is 0. The highest BCUT2D eigenvalue weighted by Gasteiger charge is 2.44. The lowest BCUT2D eigenvalue weighted by Crippen LogP contribution is -2.36. The number of halogens is 1. The smallest absolute Gasteiger partial charge is 0.0654 e. The lowest BCUT2D eigenvalue weighted by atomic mass is 9.59. The highest BCUT2D eigenvalue weighted by atomic mass is 35.5. The summed E-state index contributed by atoms with van der Waals surface area (Å²) in [5.74, 6) is 0. The maximum atomic E-state index is 6.71. The van der Waals surface area contributed by atoms with Gasteiger partial charge in [-0.25, -0.2) is 0 Å². The monoisotopic (exact) mass is 567 g/mol. The van der Waals surface area contributed by atoms with Crippen molar-refractivity contribution in [1.82, 2.24) is 0 Å². The summed E-state index contributed by atoms with van der Waals surface area (Å²) in [4.78, 5) is 2.52. The Balaban J connectivity index is 1.67. The summed E-state index contributed by atoms with van der Waals surface area (Å²) in [6.07, 6.45) is 4.86. The number of nitrogens with zero attached hydrogens (tertiary/aromatic N) is 1. The molecular formula is C37H42ClNS. The summed E-state index contributed by atoms with van der Waals surface area (Å²) in [5, 5.41) is 4.61. The van der Waals surface area contributed by atoms with Crippen LogP contribution in [0.4, 0.5) is 17.1 Å². The van der Waals surface area contributed by atoms with Gasteiger partial charge in [0.25, 0.3) is 0 Å². The molecular weight excluding hydrogens is 526 g/mol. The molecule has 3 aliphatic rings. The van der Waals surface area contributed by atoms with Crippen molar-refractivity contribution in [3.63, 3.8) is 0 Å². The number of hydrogen-bond acceptors (Lipinski definition) is 2. The van der Waals surface area contributed by atoms with E-state index in [-0.39, 0.29) is 21.7 Å². The van der Waals surface area contributed by atoms with Crippen LogP contribution in [0.1, 0.15) is 109 Å². The van der Waals surface area contributed by atoms with Crippen molar-refractivity contribution < 1.29 is 0 Å². The Bertz CT molecular complexity index is 1710. The predicted octanol–water partition coefficient (Wildman–Crippen LogP) is 12.0. The van der Waals surface area contributed by atoms with E-state index in [0.29, 0.717) is 0 Å². The highest BCUT2D eigenvalue weighted by molar-refractivity contribution is 7.18. The Morgan fingerprint density at radius 1 is 0.675 bits per heavy atom. The molecule has 208 valence electrons. The van der Waals surface area contributed by atoms with Crippen LogP contribution in [0.15, 0.2) is 41.8 Å². The predicted molar refractivity (Wildman–Crippen MR) is 176 cm³/mol. The van der Waals surface area contributed by atoms with Crippen LogP contribution in [0, 0.1) is 6.92 Å². The van der Waals surface area contributed by atoms with Gasteiger partial charge in [-0.3, -0.25) is 0 Å². The second kappa shape index (κ2) is 8.17. The Morgan fingerprint density at radius 2 is 1.27 bits per heavy atom. The fourth-order valence-electron chi connectivity index (χ4n) is 7.98. The lowest BCUT2D eigenvalue weighted by molar-refractivity contribution is 0.331. The number of anilines is 3. The van der Waals surface area contributed by atoms with Gasteiger partial charge in [0.15, 0.2) is 0 Å². The van der Waals surface area contributed by atoms with E-state index in [9.17, 15) is 0 Å². The first-order valence-electron chi connectivity index (χ1n) is 15.0. The molecule has 3 aromatic carbocycles. The van der Waals surface area contributed by atoms with Crippen LogP contribution in [0.5, 0.6) is 0 Å². The molecule has 0 spiro atoms. The zero-order chi connectivity index (χ0) is 28.6. The summed E-state index contributed by atoms with van der Waals surface area (Å²) in [6, 6.07) is 14.2. The van der Waals surface area contributed by atoms with Gasteiger partial charge < -0.3 is 4.90 Å². The summed E-state index contributed by atoms with van der Waals surface area (Å²) >= 11 is 8.61. The van der Waals surface area contributed by atoms with Gasteiger partial charge in [-0.2, -0.15) is 0 Å². The van der Waals surface area contributed by atoms with Crippen molar-refractivity contribution in [2.24, 2.45) is 0 Å². The first kappa shape index (κ1) is 26.6. The highest BCUT2D eigenvalue weighted by Crippen LogP contribution is 2.61. The molecule has 7 rings (SSSR count). The van der Waals surface area contributed by atoms with Gasteiger partial charge in [0, 0.05) is 31.7 Å². The van der Waals surface area contributed by atoms with E-state index in [1.807, 2.05) is 11.3 Å². The molecule has 0 saturated carbocycles. The third-order valence-electron chi connectivity index (χ3n) is 10.6. The van der Waals surface area contributed by atoms with Crippen molar-refractivity contribution in [3.8, 4) is 11.1 Å². The first-order chi connectivity index (χ1) is 18.6. The summed E-state index contributed by atoms with van der Waals surface area (Å²) < 4.78 is 1.40. The minimum atomic E-state index is 0.115. The van der Waals surface area contributed by atoms with E-state index in [0.717, 1.165) is 10.7 Å². The molecule has 0 radical (unpaired) electrons. The van der Waals surface area contributed by atoms with Crippen molar-refractivity contribution in [2.75, 3.05) is 4.90 Å². The number of rotatable bonds is 1. The third kappa shape index (κ3) is 3.64. The molecule has 2 heterocycles. The van der Waals surface area contributed by atoms with Gasteiger partial charge in [-0.05, 0) is 124 Å². The molecule has 1 aromatic heterocycles. The Morgan fingerprint density at radius 3 is 1.93 bits per heavy atom. The van der Waals surface area contributed by atoms with Crippen LogP contribution >= 0.6 is 22.9 Å². The van der Waals surface area contributed by atoms with Crippen LogP contribution in [-0.4, -0.2) is 0 Å². The molecule has 0 fully saturated rings. The van der Waals surface area contributed by atoms with Crippen LogP contribution in [0.25, 0.3) is 21.2 Å². The molecule has 0 saturated heterocycles. The van der Waals surface area contributed by atoms with Crippen LogP contribution in [0.3, 0.4) is 0 Å². The van der Waals surface area contributed by atoms with Crippen LogP contribution < -0.4 is 4.90 Å². The average molecular weight is 568 g/mol.